The number of fused-ring (bicyclic) bond motifs is 6. The number of halogens is 2. The van der Waals surface area contributed by atoms with Gasteiger partial charge < -0.3 is 0 Å². The monoisotopic (exact) mass is 356 g/mol. The number of hydrogen-bond acceptors (Lipinski definition) is 4. The van der Waals surface area contributed by atoms with E-state index in [9.17, 15) is 9.59 Å². The molecule has 116 valence electrons. The molecular formula is C16H6Cl2N4O2. The van der Waals surface area contributed by atoms with Crippen molar-refractivity contribution in [3.63, 3.8) is 0 Å². The van der Waals surface area contributed by atoms with E-state index in [1.54, 1.807) is 24.3 Å². The SMILES string of the molecule is O=c1c2cc3cc(Cl)ncc3n2c(=O)c2cc3cc(Cl)ncc3n12. The quantitative estimate of drug-likeness (QED) is 0.400. The summed E-state index contributed by atoms with van der Waals surface area (Å²) in [6.45, 7) is 0. The fourth-order valence-electron chi connectivity index (χ4n) is 3.14. The Morgan fingerprint density at radius 1 is 0.667 bits per heavy atom. The Labute approximate surface area is 142 Å². The molecule has 0 aliphatic rings. The minimum Gasteiger partial charge on any atom is -0.268 e. The highest BCUT2D eigenvalue weighted by Gasteiger charge is 2.17. The summed E-state index contributed by atoms with van der Waals surface area (Å²) in [4.78, 5) is 33.9. The van der Waals surface area contributed by atoms with Gasteiger partial charge in [-0.3, -0.25) is 18.4 Å². The highest BCUT2D eigenvalue weighted by Crippen LogP contribution is 2.22. The molecule has 0 saturated heterocycles. The predicted octanol–water partition coefficient (Wildman–Crippen LogP) is 2.75. The van der Waals surface area contributed by atoms with Crippen LogP contribution in [0.3, 0.4) is 0 Å². The lowest BCUT2D eigenvalue weighted by Crippen LogP contribution is -2.25. The molecule has 0 aliphatic heterocycles. The summed E-state index contributed by atoms with van der Waals surface area (Å²) in [7, 11) is 0. The smallest absolute Gasteiger partial charge is 0.268 e. The van der Waals surface area contributed by atoms with Gasteiger partial charge in [0.1, 0.15) is 21.3 Å². The van der Waals surface area contributed by atoms with Gasteiger partial charge in [0.2, 0.25) is 0 Å². The predicted molar refractivity (Wildman–Crippen MR) is 92.7 cm³/mol. The molecule has 8 heteroatoms. The van der Waals surface area contributed by atoms with E-state index in [-0.39, 0.29) is 22.2 Å². The van der Waals surface area contributed by atoms with Gasteiger partial charge in [0.25, 0.3) is 11.1 Å². The lowest BCUT2D eigenvalue weighted by Gasteiger charge is -1.99. The topological polar surface area (TPSA) is 68.7 Å². The van der Waals surface area contributed by atoms with Crippen LogP contribution in [0.15, 0.2) is 46.2 Å². The van der Waals surface area contributed by atoms with Crippen LogP contribution >= 0.6 is 23.2 Å². The number of pyridine rings is 2. The molecule has 0 amide bonds. The zero-order chi connectivity index (χ0) is 16.6. The van der Waals surface area contributed by atoms with E-state index in [0.717, 1.165) is 0 Å². The maximum absolute atomic E-state index is 12.9. The summed E-state index contributed by atoms with van der Waals surface area (Å²) in [6, 6.07) is 6.53. The first-order valence-electron chi connectivity index (χ1n) is 6.98. The molecular weight excluding hydrogens is 351 g/mol. The molecule has 5 aromatic rings. The molecule has 0 N–H and O–H groups in total. The first-order valence-corrected chi connectivity index (χ1v) is 7.73. The van der Waals surface area contributed by atoms with E-state index in [1.807, 2.05) is 0 Å². The van der Waals surface area contributed by atoms with Crippen molar-refractivity contribution in [1.82, 2.24) is 18.8 Å². The molecule has 6 nitrogen and oxygen atoms in total. The molecule has 5 rings (SSSR count). The average Bonchev–Trinajstić information content (AvgIpc) is 3.10. The summed E-state index contributed by atoms with van der Waals surface area (Å²) >= 11 is 11.8. The zero-order valence-corrected chi connectivity index (χ0v) is 13.3. The maximum atomic E-state index is 12.9. The molecule has 0 saturated carbocycles. The second-order valence-electron chi connectivity index (χ2n) is 5.47. The highest BCUT2D eigenvalue weighted by molar-refractivity contribution is 6.30. The Hall–Kier alpha value is -2.70. The van der Waals surface area contributed by atoms with Crippen LogP contribution in [0.2, 0.25) is 10.3 Å². The van der Waals surface area contributed by atoms with E-state index in [0.29, 0.717) is 32.1 Å². The fraction of sp³-hybridized carbons (Fsp3) is 0. The zero-order valence-electron chi connectivity index (χ0n) is 11.8. The third-order valence-corrected chi connectivity index (χ3v) is 4.57. The second-order valence-corrected chi connectivity index (χ2v) is 6.25. The molecule has 0 atom stereocenters. The van der Waals surface area contributed by atoms with Crippen molar-refractivity contribution in [3.8, 4) is 0 Å². The Bertz CT molecular complexity index is 1310. The molecule has 0 bridgehead atoms. The van der Waals surface area contributed by atoms with Crippen molar-refractivity contribution < 1.29 is 0 Å². The summed E-state index contributed by atoms with van der Waals surface area (Å²) < 4.78 is 2.73. The van der Waals surface area contributed by atoms with Crippen LogP contribution < -0.4 is 11.1 Å². The van der Waals surface area contributed by atoms with Crippen LogP contribution in [0.5, 0.6) is 0 Å². The Morgan fingerprint density at radius 3 is 1.50 bits per heavy atom. The third kappa shape index (κ3) is 1.61. The molecule has 0 spiro atoms. The Kier molecular flexibility index (Phi) is 2.53. The molecule has 0 fully saturated rings. The number of aromatic nitrogens is 4. The normalized spacial score (nSPS) is 12.1. The van der Waals surface area contributed by atoms with Crippen LogP contribution in [0.4, 0.5) is 0 Å². The molecule has 5 heterocycles. The number of hydrogen-bond donors (Lipinski definition) is 0. The summed E-state index contributed by atoms with van der Waals surface area (Å²) in [6.07, 6.45) is 2.98. The molecule has 0 unspecified atom stereocenters. The van der Waals surface area contributed by atoms with Gasteiger partial charge in [0, 0.05) is 10.8 Å². The summed E-state index contributed by atoms with van der Waals surface area (Å²) in [5.41, 5.74) is 0.992. The molecule has 0 aliphatic carbocycles. The largest absolute Gasteiger partial charge is 0.280 e. The van der Waals surface area contributed by atoms with Gasteiger partial charge in [-0.1, -0.05) is 23.2 Å². The van der Waals surface area contributed by atoms with E-state index >= 15 is 0 Å². The van der Waals surface area contributed by atoms with E-state index < -0.39 is 0 Å². The highest BCUT2D eigenvalue weighted by atomic mass is 35.5. The maximum Gasteiger partial charge on any atom is 0.280 e. The van der Waals surface area contributed by atoms with Crippen LogP contribution in [0.25, 0.3) is 32.8 Å². The molecule has 0 radical (unpaired) electrons. The van der Waals surface area contributed by atoms with Gasteiger partial charge in [-0.25, -0.2) is 9.97 Å². The minimum atomic E-state index is -0.309. The molecule has 0 aromatic carbocycles. The standard InChI is InChI=1S/C16H6Cl2N4O2/c17-13-3-7-1-9-15(23)22-10(16(24)21(9)11(7)5-19-13)2-8-4-14(18)20-6-12(8)22/h1-6H. The minimum absolute atomic E-state index is 0.263. The second kappa shape index (κ2) is 4.43. The van der Waals surface area contributed by atoms with Gasteiger partial charge in [-0.05, 0) is 24.3 Å². The first-order chi connectivity index (χ1) is 11.5. The van der Waals surface area contributed by atoms with Crippen molar-refractivity contribution >= 4 is 56.0 Å². The van der Waals surface area contributed by atoms with E-state index in [4.69, 9.17) is 23.2 Å². The van der Waals surface area contributed by atoms with Crippen molar-refractivity contribution in [2.45, 2.75) is 0 Å². The molecule has 5 aromatic heterocycles. The van der Waals surface area contributed by atoms with Crippen molar-refractivity contribution in [3.05, 3.63) is 67.7 Å². The number of nitrogens with zero attached hydrogens (tertiary/aromatic N) is 4. The first kappa shape index (κ1) is 13.7. The average molecular weight is 357 g/mol. The third-order valence-electron chi connectivity index (χ3n) is 4.15. The lowest BCUT2D eigenvalue weighted by molar-refractivity contribution is 1.07. The van der Waals surface area contributed by atoms with Crippen molar-refractivity contribution in [2.24, 2.45) is 0 Å². The van der Waals surface area contributed by atoms with Crippen LogP contribution in [-0.2, 0) is 0 Å². The van der Waals surface area contributed by atoms with Crippen LogP contribution in [0, 0.1) is 0 Å². The van der Waals surface area contributed by atoms with Crippen molar-refractivity contribution in [1.29, 1.82) is 0 Å². The van der Waals surface area contributed by atoms with Crippen LogP contribution in [-0.4, -0.2) is 18.8 Å². The van der Waals surface area contributed by atoms with Gasteiger partial charge in [-0.15, -0.1) is 0 Å². The van der Waals surface area contributed by atoms with Gasteiger partial charge in [0.15, 0.2) is 0 Å². The van der Waals surface area contributed by atoms with Gasteiger partial charge in [-0.2, -0.15) is 0 Å². The van der Waals surface area contributed by atoms with E-state index in [1.165, 1.54) is 21.2 Å². The number of rotatable bonds is 0. The Morgan fingerprint density at radius 2 is 1.08 bits per heavy atom. The Balaban J connectivity index is 2.13. The van der Waals surface area contributed by atoms with Crippen LogP contribution in [0.1, 0.15) is 0 Å². The fourth-order valence-corrected chi connectivity index (χ4v) is 3.48. The summed E-state index contributed by atoms with van der Waals surface area (Å²) in [5.74, 6) is 0. The lowest BCUT2D eigenvalue weighted by atomic mass is 10.3. The van der Waals surface area contributed by atoms with E-state index in [2.05, 4.69) is 9.97 Å². The van der Waals surface area contributed by atoms with Crippen molar-refractivity contribution in [2.75, 3.05) is 0 Å². The van der Waals surface area contributed by atoms with Gasteiger partial charge >= 0.3 is 0 Å². The molecule has 24 heavy (non-hydrogen) atoms. The van der Waals surface area contributed by atoms with Gasteiger partial charge in [0.05, 0.1) is 23.4 Å². The summed E-state index contributed by atoms with van der Waals surface area (Å²) in [5, 5.41) is 1.97.